The first-order valence-corrected chi connectivity index (χ1v) is 14.6. The summed E-state index contributed by atoms with van der Waals surface area (Å²) in [5.41, 5.74) is 3.41. The van der Waals surface area contributed by atoms with Gasteiger partial charge in [-0.15, -0.1) is 0 Å². The highest BCUT2D eigenvalue weighted by molar-refractivity contribution is 5.98. The number of rotatable bonds is 7. The van der Waals surface area contributed by atoms with Crippen LogP contribution >= 0.6 is 0 Å². The predicted molar refractivity (Wildman–Crippen MR) is 168 cm³/mol. The van der Waals surface area contributed by atoms with E-state index in [0.717, 1.165) is 38.0 Å². The number of amides is 1. The Morgan fingerprint density at radius 2 is 1.36 bits per heavy atom. The van der Waals surface area contributed by atoms with Gasteiger partial charge in [-0.2, -0.15) is 0 Å². The Labute approximate surface area is 254 Å². The number of nitrogens with one attached hydrogen (secondary N) is 2. The van der Waals surface area contributed by atoms with Gasteiger partial charge in [0.2, 0.25) is 0 Å². The Hall–Kier alpha value is -4.54. The van der Waals surface area contributed by atoms with E-state index >= 15 is 0 Å². The number of piperidine rings is 1. The molecule has 230 valence electrons. The number of carboxylic acids is 1. The molecule has 1 aliphatic heterocycles. The number of fused-ring (bicyclic) bond motifs is 2. The third-order valence-electron chi connectivity index (χ3n) is 8.58. The highest BCUT2D eigenvalue weighted by atomic mass is 19.1. The molecule has 0 radical (unpaired) electrons. The smallest absolute Gasteiger partial charge is 0.352 e. The Kier molecular flexibility index (Phi) is 9.12. The number of likely N-dealkylation sites (tertiary alicyclic amines) is 1. The summed E-state index contributed by atoms with van der Waals surface area (Å²) < 4.78 is 26.1. The van der Waals surface area contributed by atoms with Gasteiger partial charge >= 0.3 is 5.97 Å². The van der Waals surface area contributed by atoms with Crippen LogP contribution in [0.15, 0.2) is 78.9 Å². The van der Waals surface area contributed by atoms with E-state index in [0.29, 0.717) is 28.5 Å². The zero-order chi connectivity index (χ0) is 31.4. The number of halogens is 2. The number of aromatic carboxylic acids is 1. The van der Waals surface area contributed by atoms with Crippen LogP contribution in [0.1, 0.15) is 39.4 Å². The van der Waals surface area contributed by atoms with Crippen LogP contribution in [0.25, 0.3) is 21.8 Å². The Balaban J connectivity index is 0.000000245. The molecule has 0 saturated carbocycles. The SMILES string of the molecule is CN(CCN1CCC(c2ccccc2)(N(C)C)CC1)C(=O)c1cc2cc(F)ccc2[nH]1.O=C(O)c1cc2cc(F)ccc2[nH]1. The average molecular weight is 602 g/mol. The molecule has 6 rings (SSSR count). The standard InChI is InChI=1S/C25H31FN4O.C9H6FNO2/c1-28(2)25(20-7-5-4-6-8-20)11-13-30(14-12-25)16-15-29(3)24(31)23-18-19-17-21(26)9-10-22(19)27-23;10-6-1-2-7-5(3-6)4-8(11-7)9(12)13/h4-10,17-18,27H,11-16H2,1-3H3;1-4,11H,(H,12,13). The number of hydrogen-bond donors (Lipinski definition) is 3. The summed E-state index contributed by atoms with van der Waals surface area (Å²) in [6.07, 6.45) is 2.13. The fourth-order valence-corrected chi connectivity index (χ4v) is 5.93. The van der Waals surface area contributed by atoms with Crippen LogP contribution in [0.2, 0.25) is 0 Å². The molecule has 0 unspecified atom stereocenters. The minimum absolute atomic E-state index is 0.0686. The molecule has 8 nitrogen and oxygen atoms in total. The zero-order valence-electron chi connectivity index (χ0n) is 25.1. The molecule has 2 aromatic heterocycles. The van der Waals surface area contributed by atoms with Crippen molar-refractivity contribution in [2.45, 2.75) is 18.4 Å². The number of nitrogens with zero attached hydrogens (tertiary/aromatic N) is 3. The Morgan fingerprint density at radius 3 is 1.91 bits per heavy atom. The lowest BCUT2D eigenvalue weighted by Gasteiger charge is -2.47. The van der Waals surface area contributed by atoms with Crippen LogP contribution in [0.4, 0.5) is 8.78 Å². The van der Waals surface area contributed by atoms with Crippen molar-refractivity contribution in [3.05, 3.63) is 107 Å². The van der Waals surface area contributed by atoms with E-state index in [4.69, 9.17) is 5.11 Å². The summed E-state index contributed by atoms with van der Waals surface area (Å²) in [6, 6.07) is 22.5. The molecule has 3 heterocycles. The summed E-state index contributed by atoms with van der Waals surface area (Å²) >= 11 is 0. The van der Waals surface area contributed by atoms with Gasteiger partial charge < -0.3 is 24.9 Å². The molecule has 1 aliphatic rings. The summed E-state index contributed by atoms with van der Waals surface area (Å²) in [5, 5.41) is 9.91. The molecule has 1 fully saturated rings. The summed E-state index contributed by atoms with van der Waals surface area (Å²) in [5.74, 6) is -1.78. The molecule has 1 amide bonds. The molecule has 44 heavy (non-hydrogen) atoms. The van der Waals surface area contributed by atoms with Crippen molar-refractivity contribution in [3.63, 3.8) is 0 Å². The van der Waals surface area contributed by atoms with Crippen molar-refractivity contribution in [1.82, 2.24) is 24.7 Å². The molecule has 0 aliphatic carbocycles. The number of benzene rings is 3. The lowest BCUT2D eigenvalue weighted by molar-refractivity contribution is 0.0486. The summed E-state index contributed by atoms with van der Waals surface area (Å²) in [4.78, 5) is 35.7. The summed E-state index contributed by atoms with van der Waals surface area (Å²) in [7, 11) is 6.16. The van der Waals surface area contributed by atoms with Crippen LogP contribution in [-0.4, -0.2) is 89.0 Å². The van der Waals surface area contributed by atoms with Gasteiger partial charge in [0, 0.05) is 60.6 Å². The molecule has 3 N–H and O–H groups in total. The highest BCUT2D eigenvalue weighted by Gasteiger charge is 2.38. The third kappa shape index (κ3) is 6.66. The average Bonchev–Trinajstić information content (AvgIpc) is 3.64. The fraction of sp³-hybridized carbons (Fsp3) is 0.294. The quantitative estimate of drug-likeness (QED) is 0.215. The van der Waals surface area contributed by atoms with Gasteiger partial charge in [0.1, 0.15) is 23.0 Å². The van der Waals surface area contributed by atoms with E-state index in [2.05, 4.69) is 64.2 Å². The molecule has 0 spiro atoms. The van der Waals surface area contributed by atoms with Gasteiger partial charge in [-0.1, -0.05) is 30.3 Å². The van der Waals surface area contributed by atoms with Crippen molar-refractivity contribution in [2.24, 2.45) is 0 Å². The second kappa shape index (κ2) is 13.0. The second-order valence-corrected chi connectivity index (χ2v) is 11.5. The zero-order valence-corrected chi connectivity index (χ0v) is 25.1. The largest absolute Gasteiger partial charge is 0.477 e. The van der Waals surface area contributed by atoms with Crippen molar-refractivity contribution < 1.29 is 23.5 Å². The van der Waals surface area contributed by atoms with Crippen molar-refractivity contribution >= 4 is 33.7 Å². The van der Waals surface area contributed by atoms with E-state index in [-0.39, 0.29) is 28.8 Å². The highest BCUT2D eigenvalue weighted by Crippen LogP contribution is 2.37. The van der Waals surface area contributed by atoms with E-state index in [1.54, 1.807) is 17.0 Å². The fourth-order valence-electron chi connectivity index (χ4n) is 5.93. The molecular weight excluding hydrogens is 564 g/mol. The third-order valence-corrected chi connectivity index (χ3v) is 8.58. The normalized spacial score (nSPS) is 14.9. The maximum atomic E-state index is 13.4. The minimum atomic E-state index is -1.04. The van der Waals surface area contributed by atoms with Gasteiger partial charge in [-0.05, 0) is 81.0 Å². The van der Waals surface area contributed by atoms with Gasteiger partial charge in [0.05, 0.1) is 0 Å². The number of H-pyrrole nitrogens is 2. The first-order chi connectivity index (χ1) is 21.1. The molecular formula is C34H37F2N5O3. The molecule has 5 aromatic rings. The number of aromatic amines is 2. The number of aromatic nitrogens is 2. The minimum Gasteiger partial charge on any atom is -0.477 e. The van der Waals surface area contributed by atoms with Gasteiger partial charge in [-0.3, -0.25) is 9.69 Å². The van der Waals surface area contributed by atoms with Crippen LogP contribution in [0.5, 0.6) is 0 Å². The first-order valence-electron chi connectivity index (χ1n) is 14.6. The first kappa shape index (κ1) is 30.9. The Morgan fingerprint density at radius 1 is 0.818 bits per heavy atom. The van der Waals surface area contributed by atoms with E-state index in [9.17, 15) is 18.4 Å². The maximum absolute atomic E-state index is 13.4. The van der Waals surface area contributed by atoms with E-state index in [1.165, 1.54) is 42.0 Å². The van der Waals surface area contributed by atoms with Crippen molar-refractivity contribution in [2.75, 3.05) is 47.3 Å². The number of carbonyl (C=O) groups is 2. The van der Waals surface area contributed by atoms with Crippen LogP contribution < -0.4 is 0 Å². The number of likely N-dealkylation sites (N-methyl/N-ethyl adjacent to an activating group) is 1. The molecule has 0 atom stereocenters. The number of carbonyl (C=O) groups excluding carboxylic acids is 1. The van der Waals surface area contributed by atoms with Crippen LogP contribution in [0.3, 0.4) is 0 Å². The molecule has 3 aromatic carbocycles. The maximum Gasteiger partial charge on any atom is 0.352 e. The van der Waals surface area contributed by atoms with E-state index in [1.807, 2.05) is 7.05 Å². The van der Waals surface area contributed by atoms with Crippen molar-refractivity contribution in [3.8, 4) is 0 Å². The topological polar surface area (TPSA) is 95.7 Å². The lowest BCUT2D eigenvalue weighted by Crippen LogP contribution is -2.51. The molecule has 10 heteroatoms. The monoisotopic (exact) mass is 601 g/mol. The van der Waals surface area contributed by atoms with Gasteiger partial charge in [0.25, 0.3) is 5.91 Å². The van der Waals surface area contributed by atoms with Crippen LogP contribution in [0, 0.1) is 11.6 Å². The lowest BCUT2D eigenvalue weighted by atomic mass is 9.80. The van der Waals surface area contributed by atoms with E-state index < -0.39 is 5.97 Å². The number of hydrogen-bond acceptors (Lipinski definition) is 4. The predicted octanol–water partition coefficient (Wildman–Crippen LogP) is 5.94. The van der Waals surface area contributed by atoms with Gasteiger partial charge in [0.15, 0.2) is 0 Å². The number of carboxylic acid groups (broad SMARTS) is 1. The molecule has 1 saturated heterocycles. The second-order valence-electron chi connectivity index (χ2n) is 11.5. The summed E-state index contributed by atoms with van der Waals surface area (Å²) in [6.45, 7) is 3.50. The van der Waals surface area contributed by atoms with Crippen LogP contribution in [-0.2, 0) is 5.54 Å². The molecule has 0 bridgehead atoms. The van der Waals surface area contributed by atoms with Gasteiger partial charge in [-0.25, -0.2) is 13.6 Å². The Bertz CT molecular complexity index is 1760. The van der Waals surface area contributed by atoms with Crippen molar-refractivity contribution in [1.29, 1.82) is 0 Å².